The zero-order valence-corrected chi connectivity index (χ0v) is 14.5. The van der Waals surface area contributed by atoms with Crippen molar-refractivity contribution in [2.75, 3.05) is 13.6 Å². The molecule has 2 aromatic heterocycles. The Morgan fingerprint density at radius 2 is 2.20 bits per heavy atom. The second-order valence-electron chi connectivity index (χ2n) is 6.52. The molecule has 1 amide bonds. The van der Waals surface area contributed by atoms with E-state index in [0.717, 1.165) is 47.4 Å². The summed E-state index contributed by atoms with van der Waals surface area (Å²) in [7, 11) is 1.81. The van der Waals surface area contributed by atoms with Gasteiger partial charge in [0.2, 0.25) is 0 Å². The predicted molar refractivity (Wildman–Crippen MR) is 96.2 cm³/mol. The number of nitrogens with zero attached hydrogens (tertiary/aromatic N) is 4. The molecule has 1 aromatic carbocycles. The van der Waals surface area contributed by atoms with Crippen LogP contribution in [0.2, 0.25) is 0 Å². The van der Waals surface area contributed by atoms with Gasteiger partial charge in [0.25, 0.3) is 5.91 Å². The van der Waals surface area contributed by atoms with Crippen molar-refractivity contribution >= 4 is 16.8 Å². The average Bonchev–Trinajstić information content (AvgIpc) is 3.04. The molecule has 4 rings (SSSR count). The molecule has 0 fully saturated rings. The van der Waals surface area contributed by atoms with Crippen LogP contribution in [0.25, 0.3) is 10.9 Å². The predicted octanol–water partition coefficient (Wildman–Crippen LogP) is 2.12. The minimum Gasteiger partial charge on any atom is -0.336 e. The van der Waals surface area contributed by atoms with Gasteiger partial charge in [0, 0.05) is 37.6 Å². The molecule has 6 nitrogen and oxygen atoms in total. The first-order valence-electron chi connectivity index (χ1n) is 8.49. The smallest absolute Gasteiger partial charge is 0.272 e. The van der Waals surface area contributed by atoms with Crippen molar-refractivity contribution in [2.45, 2.75) is 26.6 Å². The topological polar surface area (TPSA) is 63.1 Å². The Morgan fingerprint density at radius 1 is 1.32 bits per heavy atom. The number of rotatable bonds is 3. The molecule has 0 spiro atoms. The summed E-state index contributed by atoms with van der Waals surface area (Å²) in [4.78, 5) is 19.1. The van der Waals surface area contributed by atoms with E-state index >= 15 is 0 Å². The Hall–Kier alpha value is -2.73. The van der Waals surface area contributed by atoms with E-state index in [2.05, 4.69) is 15.4 Å². The number of para-hydroxylation sites is 1. The number of aryl methyl sites for hydroxylation is 1. The number of pyridine rings is 1. The first-order chi connectivity index (χ1) is 12.1. The maximum atomic E-state index is 12.8. The lowest BCUT2D eigenvalue weighted by atomic mass is 10.1. The van der Waals surface area contributed by atoms with Gasteiger partial charge in [-0.05, 0) is 18.6 Å². The van der Waals surface area contributed by atoms with Crippen LogP contribution < -0.4 is 5.32 Å². The number of carbonyl (C=O) groups excluding carboxylic acids is 1. The molecule has 0 saturated heterocycles. The van der Waals surface area contributed by atoms with Crippen LogP contribution in [0.4, 0.5) is 0 Å². The van der Waals surface area contributed by atoms with Crippen LogP contribution in [-0.2, 0) is 19.6 Å². The molecule has 0 atom stereocenters. The lowest BCUT2D eigenvalue weighted by Crippen LogP contribution is -2.31. The largest absolute Gasteiger partial charge is 0.336 e. The third-order valence-corrected chi connectivity index (χ3v) is 4.72. The highest BCUT2D eigenvalue weighted by Gasteiger charge is 2.19. The highest BCUT2D eigenvalue weighted by Crippen LogP contribution is 2.18. The maximum Gasteiger partial charge on any atom is 0.272 e. The van der Waals surface area contributed by atoms with Gasteiger partial charge in [0.15, 0.2) is 0 Å². The normalized spacial score (nSPS) is 13.7. The molecule has 3 heterocycles. The van der Waals surface area contributed by atoms with E-state index in [4.69, 9.17) is 0 Å². The van der Waals surface area contributed by atoms with E-state index in [9.17, 15) is 4.79 Å². The number of benzene rings is 1. The third kappa shape index (κ3) is 2.89. The minimum atomic E-state index is -0.0751. The Morgan fingerprint density at radius 3 is 3.08 bits per heavy atom. The molecule has 1 aliphatic rings. The molecule has 0 aliphatic carbocycles. The summed E-state index contributed by atoms with van der Waals surface area (Å²) in [6.45, 7) is 5.15. The number of hydrogen-bond acceptors (Lipinski definition) is 4. The van der Waals surface area contributed by atoms with Crippen LogP contribution in [0.5, 0.6) is 0 Å². The van der Waals surface area contributed by atoms with Gasteiger partial charge < -0.3 is 10.2 Å². The Bertz CT molecular complexity index is 946. The highest BCUT2D eigenvalue weighted by molar-refractivity contribution is 5.95. The fourth-order valence-corrected chi connectivity index (χ4v) is 3.31. The number of aromatic nitrogens is 3. The van der Waals surface area contributed by atoms with Crippen LogP contribution in [0.15, 0.2) is 36.5 Å². The Balaban J connectivity index is 1.58. The summed E-state index contributed by atoms with van der Waals surface area (Å²) in [5, 5.41) is 8.82. The van der Waals surface area contributed by atoms with Gasteiger partial charge in [-0.2, -0.15) is 5.10 Å². The average molecular weight is 335 g/mol. The number of carbonyl (C=O) groups is 1. The zero-order chi connectivity index (χ0) is 17.4. The van der Waals surface area contributed by atoms with Crippen molar-refractivity contribution in [3.63, 3.8) is 0 Å². The van der Waals surface area contributed by atoms with Gasteiger partial charge in [-0.1, -0.05) is 24.3 Å². The van der Waals surface area contributed by atoms with E-state index in [-0.39, 0.29) is 5.91 Å². The van der Waals surface area contributed by atoms with E-state index in [1.54, 1.807) is 11.0 Å². The van der Waals surface area contributed by atoms with E-state index in [1.165, 1.54) is 0 Å². The monoisotopic (exact) mass is 335 g/mol. The maximum absolute atomic E-state index is 12.8. The van der Waals surface area contributed by atoms with Gasteiger partial charge in [0.1, 0.15) is 5.69 Å². The number of hydrogen-bond donors (Lipinski definition) is 1. The molecule has 25 heavy (non-hydrogen) atoms. The van der Waals surface area contributed by atoms with E-state index < -0.39 is 0 Å². The fraction of sp³-hybridized carbons (Fsp3) is 0.316. The molecular weight excluding hydrogens is 314 g/mol. The SMILES string of the molecule is Cc1cccc2ccc(C(=O)N(C)Cc3cnn4c3CNCC4)nc12. The first-order valence-corrected chi connectivity index (χ1v) is 8.49. The molecule has 3 aromatic rings. The first kappa shape index (κ1) is 15.8. The van der Waals surface area contributed by atoms with Crippen LogP contribution >= 0.6 is 0 Å². The second-order valence-corrected chi connectivity index (χ2v) is 6.52. The van der Waals surface area contributed by atoms with E-state index in [1.807, 2.05) is 49.1 Å². The quantitative estimate of drug-likeness (QED) is 0.796. The standard InChI is InChI=1S/C19H21N5O/c1-13-4-3-5-14-6-7-16(22-18(13)14)19(25)23(2)12-15-10-21-24-9-8-20-11-17(15)24/h3-7,10,20H,8-9,11-12H2,1-2H3. The molecule has 128 valence electrons. The highest BCUT2D eigenvalue weighted by atomic mass is 16.2. The van der Waals surface area contributed by atoms with Crippen molar-refractivity contribution < 1.29 is 4.79 Å². The van der Waals surface area contributed by atoms with Gasteiger partial charge in [-0.15, -0.1) is 0 Å². The van der Waals surface area contributed by atoms with Gasteiger partial charge in [-0.3, -0.25) is 9.48 Å². The van der Waals surface area contributed by atoms with Crippen molar-refractivity contribution in [2.24, 2.45) is 0 Å². The minimum absolute atomic E-state index is 0.0751. The van der Waals surface area contributed by atoms with Crippen LogP contribution in [0.1, 0.15) is 27.3 Å². The van der Waals surface area contributed by atoms with E-state index in [0.29, 0.717) is 12.2 Å². The molecule has 1 N–H and O–H groups in total. The van der Waals surface area contributed by atoms with Crippen LogP contribution in [0, 0.1) is 6.92 Å². The van der Waals surface area contributed by atoms with Gasteiger partial charge in [-0.25, -0.2) is 4.98 Å². The summed E-state index contributed by atoms with van der Waals surface area (Å²) >= 11 is 0. The molecule has 6 heteroatoms. The summed E-state index contributed by atoms with van der Waals surface area (Å²) in [5.74, 6) is -0.0751. The second kappa shape index (κ2) is 6.29. The third-order valence-electron chi connectivity index (χ3n) is 4.72. The number of nitrogens with one attached hydrogen (secondary N) is 1. The molecule has 0 unspecified atom stereocenters. The van der Waals surface area contributed by atoms with Crippen molar-refractivity contribution in [1.82, 2.24) is 25.0 Å². The van der Waals surface area contributed by atoms with Crippen LogP contribution in [0.3, 0.4) is 0 Å². The molecular formula is C19H21N5O. The molecule has 0 bridgehead atoms. The van der Waals surface area contributed by atoms with Crippen molar-refractivity contribution in [1.29, 1.82) is 0 Å². The Labute approximate surface area is 146 Å². The number of fused-ring (bicyclic) bond motifs is 2. The van der Waals surface area contributed by atoms with Crippen LogP contribution in [-0.4, -0.2) is 39.2 Å². The molecule has 0 radical (unpaired) electrons. The molecule has 1 aliphatic heterocycles. The number of amides is 1. The summed E-state index contributed by atoms with van der Waals surface area (Å²) in [6.07, 6.45) is 1.87. The van der Waals surface area contributed by atoms with Crippen molar-refractivity contribution in [3.8, 4) is 0 Å². The lowest BCUT2D eigenvalue weighted by Gasteiger charge is -2.20. The summed E-state index contributed by atoms with van der Waals surface area (Å²) in [6, 6.07) is 9.79. The fourth-order valence-electron chi connectivity index (χ4n) is 3.31. The lowest BCUT2D eigenvalue weighted by molar-refractivity contribution is 0.0779. The van der Waals surface area contributed by atoms with Gasteiger partial charge >= 0.3 is 0 Å². The molecule has 0 saturated carbocycles. The zero-order valence-electron chi connectivity index (χ0n) is 14.5. The summed E-state index contributed by atoms with van der Waals surface area (Å²) in [5.41, 5.74) is 4.68. The summed E-state index contributed by atoms with van der Waals surface area (Å²) < 4.78 is 2.02. The Kier molecular flexibility index (Phi) is 3.97. The van der Waals surface area contributed by atoms with Crippen molar-refractivity contribution in [3.05, 3.63) is 59.0 Å². The van der Waals surface area contributed by atoms with Gasteiger partial charge in [0.05, 0.1) is 24.0 Å².